The number of hydrogen-bond acceptors (Lipinski definition) is 4. The van der Waals surface area contributed by atoms with Crippen molar-refractivity contribution in [3.63, 3.8) is 0 Å². The fourth-order valence-corrected chi connectivity index (χ4v) is 3.40. The number of carboxylic acid groups (broad SMARTS) is 1. The summed E-state index contributed by atoms with van der Waals surface area (Å²) in [6.45, 7) is 1.57. The van der Waals surface area contributed by atoms with Crippen LogP contribution in [0.1, 0.15) is 19.3 Å². The Balaban J connectivity index is 1.77. The molecule has 0 heterocycles. The third-order valence-electron chi connectivity index (χ3n) is 4.06. The minimum atomic E-state index is -0.661. The van der Waals surface area contributed by atoms with Crippen LogP contribution in [-0.2, 0) is 9.53 Å². The van der Waals surface area contributed by atoms with E-state index in [0.717, 1.165) is 19.3 Å². The molecule has 2 saturated carbocycles. The smallest absolute Gasteiger partial charge is 0.308 e. The van der Waals surface area contributed by atoms with Gasteiger partial charge in [-0.3, -0.25) is 4.79 Å². The number of aliphatic hydroxyl groups is 1. The van der Waals surface area contributed by atoms with Crippen LogP contribution in [0.25, 0.3) is 0 Å². The summed E-state index contributed by atoms with van der Waals surface area (Å²) in [5, 5.41) is 21.1. The average Bonchev–Trinajstić information content (AvgIpc) is 2.88. The number of rotatable bonds is 7. The molecule has 2 rings (SSSR count). The van der Waals surface area contributed by atoms with Gasteiger partial charge in [0, 0.05) is 12.6 Å². The average molecular weight is 243 g/mol. The van der Waals surface area contributed by atoms with Crippen molar-refractivity contribution >= 4 is 5.97 Å². The van der Waals surface area contributed by atoms with Gasteiger partial charge in [-0.05, 0) is 31.1 Å². The zero-order valence-corrected chi connectivity index (χ0v) is 9.97. The zero-order chi connectivity index (χ0) is 12.3. The summed E-state index contributed by atoms with van der Waals surface area (Å²) in [5.41, 5.74) is 0. The number of hydrogen-bond donors (Lipinski definition) is 3. The van der Waals surface area contributed by atoms with E-state index in [-0.39, 0.29) is 18.6 Å². The Hall–Kier alpha value is -0.650. The lowest BCUT2D eigenvalue weighted by molar-refractivity contribution is -0.144. The van der Waals surface area contributed by atoms with Crippen molar-refractivity contribution in [1.82, 2.24) is 5.32 Å². The third kappa shape index (κ3) is 2.78. The molecule has 2 aliphatic carbocycles. The lowest BCUT2D eigenvalue weighted by atomic mass is 9.84. The topological polar surface area (TPSA) is 78.8 Å². The second-order valence-electron chi connectivity index (χ2n) is 5.01. The van der Waals surface area contributed by atoms with Gasteiger partial charge in [-0.25, -0.2) is 0 Å². The lowest BCUT2D eigenvalue weighted by Crippen LogP contribution is -2.45. The lowest BCUT2D eigenvalue weighted by Gasteiger charge is -2.29. The SMILES string of the molecule is O=C(O)C1C2CCC(C2)C1NCCOCCO. The normalized spacial score (nSPS) is 35.4. The van der Waals surface area contributed by atoms with Crippen molar-refractivity contribution < 1.29 is 19.7 Å². The minimum absolute atomic E-state index is 0.0336. The molecular formula is C12H21NO4. The highest BCUT2D eigenvalue weighted by Crippen LogP contribution is 2.48. The number of aliphatic hydroxyl groups excluding tert-OH is 1. The van der Waals surface area contributed by atoms with E-state index in [1.807, 2.05) is 0 Å². The van der Waals surface area contributed by atoms with Gasteiger partial charge in [-0.1, -0.05) is 0 Å². The molecule has 0 saturated heterocycles. The second-order valence-corrected chi connectivity index (χ2v) is 5.01. The van der Waals surface area contributed by atoms with Crippen LogP contribution < -0.4 is 5.32 Å². The monoisotopic (exact) mass is 243 g/mol. The Morgan fingerprint density at radius 2 is 2.06 bits per heavy atom. The van der Waals surface area contributed by atoms with Gasteiger partial charge >= 0.3 is 5.97 Å². The first-order chi connectivity index (χ1) is 8.24. The van der Waals surface area contributed by atoms with E-state index in [1.54, 1.807) is 0 Å². The number of aliphatic carboxylic acids is 1. The van der Waals surface area contributed by atoms with E-state index in [1.165, 1.54) is 0 Å². The van der Waals surface area contributed by atoms with Crippen LogP contribution in [0, 0.1) is 17.8 Å². The number of carboxylic acids is 1. The fourth-order valence-electron chi connectivity index (χ4n) is 3.40. The molecule has 98 valence electrons. The van der Waals surface area contributed by atoms with Crippen molar-refractivity contribution in [3.8, 4) is 0 Å². The molecule has 0 aromatic heterocycles. The number of carbonyl (C=O) groups is 1. The molecule has 0 amide bonds. The minimum Gasteiger partial charge on any atom is -0.481 e. The van der Waals surface area contributed by atoms with Crippen LogP contribution in [0.4, 0.5) is 0 Å². The highest BCUT2D eigenvalue weighted by Gasteiger charge is 2.50. The first-order valence-corrected chi connectivity index (χ1v) is 6.39. The van der Waals surface area contributed by atoms with E-state index in [4.69, 9.17) is 9.84 Å². The van der Waals surface area contributed by atoms with Crippen LogP contribution in [0.15, 0.2) is 0 Å². The predicted molar refractivity (Wildman–Crippen MR) is 61.7 cm³/mol. The number of fused-ring (bicyclic) bond motifs is 2. The number of ether oxygens (including phenoxy) is 1. The Morgan fingerprint density at radius 1 is 1.29 bits per heavy atom. The van der Waals surface area contributed by atoms with Gasteiger partial charge in [-0.2, -0.15) is 0 Å². The van der Waals surface area contributed by atoms with Crippen molar-refractivity contribution in [2.45, 2.75) is 25.3 Å². The summed E-state index contributed by atoms with van der Waals surface area (Å²) < 4.78 is 5.16. The van der Waals surface area contributed by atoms with Crippen molar-refractivity contribution in [2.24, 2.45) is 17.8 Å². The van der Waals surface area contributed by atoms with Crippen LogP contribution in [0.2, 0.25) is 0 Å². The molecule has 17 heavy (non-hydrogen) atoms. The summed E-state index contributed by atoms with van der Waals surface area (Å²) >= 11 is 0. The van der Waals surface area contributed by atoms with Gasteiger partial charge in [0.2, 0.25) is 0 Å². The predicted octanol–water partition coefficient (Wildman–Crippen LogP) is 0.0842. The molecule has 3 N–H and O–H groups in total. The van der Waals surface area contributed by atoms with E-state index in [0.29, 0.717) is 31.6 Å². The summed E-state index contributed by atoms with van der Waals surface area (Å²) in [6, 6.07) is 0.115. The van der Waals surface area contributed by atoms with Crippen molar-refractivity contribution in [1.29, 1.82) is 0 Å². The first-order valence-electron chi connectivity index (χ1n) is 6.39. The zero-order valence-electron chi connectivity index (χ0n) is 9.97. The Morgan fingerprint density at radius 3 is 2.76 bits per heavy atom. The van der Waals surface area contributed by atoms with Gasteiger partial charge in [0.1, 0.15) is 0 Å². The highest BCUT2D eigenvalue weighted by atomic mass is 16.5. The maximum atomic E-state index is 11.2. The molecule has 2 fully saturated rings. The van der Waals surface area contributed by atoms with Gasteiger partial charge in [0.15, 0.2) is 0 Å². The molecule has 0 aromatic rings. The Labute approximate surface area is 101 Å². The quantitative estimate of drug-likeness (QED) is 0.552. The molecule has 4 atom stereocenters. The first kappa shape index (κ1) is 12.8. The van der Waals surface area contributed by atoms with E-state index >= 15 is 0 Å². The molecule has 0 radical (unpaired) electrons. The van der Waals surface area contributed by atoms with Gasteiger partial charge < -0.3 is 20.3 Å². The largest absolute Gasteiger partial charge is 0.481 e. The van der Waals surface area contributed by atoms with E-state index in [2.05, 4.69) is 5.32 Å². The standard InChI is InChI=1S/C12H21NO4/c14-4-6-17-5-3-13-11-9-2-1-8(7-9)10(11)12(15)16/h8-11,13-14H,1-7H2,(H,15,16). The molecule has 5 nitrogen and oxygen atoms in total. The number of nitrogens with one attached hydrogen (secondary N) is 1. The maximum absolute atomic E-state index is 11.2. The van der Waals surface area contributed by atoms with Crippen LogP contribution in [0.3, 0.4) is 0 Å². The van der Waals surface area contributed by atoms with Crippen molar-refractivity contribution in [2.75, 3.05) is 26.4 Å². The molecule has 0 spiro atoms. The molecule has 0 aromatic carbocycles. The molecule has 2 bridgehead atoms. The molecule has 4 unspecified atom stereocenters. The highest BCUT2D eigenvalue weighted by molar-refractivity contribution is 5.72. The van der Waals surface area contributed by atoms with Gasteiger partial charge in [-0.15, -0.1) is 0 Å². The van der Waals surface area contributed by atoms with Gasteiger partial charge in [0.05, 0.1) is 25.7 Å². The molecule has 2 aliphatic rings. The Kier molecular flexibility index (Phi) is 4.36. The van der Waals surface area contributed by atoms with Crippen LogP contribution in [-0.4, -0.2) is 48.6 Å². The van der Waals surface area contributed by atoms with E-state index < -0.39 is 5.97 Å². The maximum Gasteiger partial charge on any atom is 0.308 e. The summed E-state index contributed by atoms with van der Waals surface area (Å²) in [5.74, 6) is 0.0184. The third-order valence-corrected chi connectivity index (χ3v) is 4.06. The van der Waals surface area contributed by atoms with Crippen molar-refractivity contribution in [3.05, 3.63) is 0 Å². The molecule has 0 aliphatic heterocycles. The second kappa shape index (κ2) is 5.80. The van der Waals surface area contributed by atoms with E-state index in [9.17, 15) is 9.90 Å². The Bertz CT molecular complexity index is 271. The van der Waals surface area contributed by atoms with Crippen LogP contribution in [0.5, 0.6) is 0 Å². The van der Waals surface area contributed by atoms with Gasteiger partial charge in [0.25, 0.3) is 0 Å². The van der Waals surface area contributed by atoms with Crippen LogP contribution >= 0.6 is 0 Å². The summed E-state index contributed by atoms with van der Waals surface area (Å²) in [7, 11) is 0. The summed E-state index contributed by atoms with van der Waals surface area (Å²) in [4.78, 5) is 11.2. The summed E-state index contributed by atoms with van der Waals surface area (Å²) in [6.07, 6.45) is 3.29. The fraction of sp³-hybridized carbons (Fsp3) is 0.917. The molecule has 5 heteroatoms. The molecular weight excluding hydrogens is 222 g/mol.